The normalized spacial score (nSPS) is 17.1. The van der Waals surface area contributed by atoms with Crippen molar-refractivity contribution >= 4 is 11.6 Å². The van der Waals surface area contributed by atoms with Crippen molar-refractivity contribution in [3.8, 4) is 0 Å². The molecule has 1 atom stereocenters. The number of morpholine rings is 1. The number of rotatable bonds is 8. The topological polar surface area (TPSA) is 84.7 Å². The fourth-order valence-electron chi connectivity index (χ4n) is 3.54. The number of nitro benzene ring substituents is 1. The molecule has 29 heavy (non-hydrogen) atoms. The van der Waals surface area contributed by atoms with E-state index in [-0.39, 0.29) is 17.7 Å². The van der Waals surface area contributed by atoms with Crippen molar-refractivity contribution < 1.29 is 14.5 Å². The lowest BCUT2D eigenvalue weighted by molar-refractivity contribution is -0.385. The van der Waals surface area contributed by atoms with E-state index in [1.54, 1.807) is 13.0 Å². The summed E-state index contributed by atoms with van der Waals surface area (Å²) >= 11 is 0. The second kappa shape index (κ2) is 10.1. The summed E-state index contributed by atoms with van der Waals surface area (Å²) in [6, 6.07) is 14.7. The summed E-state index contributed by atoms with van der Waals surface area (Å²) in [5, 5.41) is 13.8. The van der Waals surface area contributed by atoms with E-state index in [0.29, 0.717) is 17.7 Å². The van der Waals surface area contributed by atoms with Crippen LogP contribution in [0.25, 0.3) is 0 Å². The zero-order valence-corrected chi connectivity index (χ0v) is 16.7. The van der Waals surface area contributed by atoms with Crippen LogP contribution in [0.5, 0.6) is 0 Å². The molecule has 1 saturated heterocycles. The number of nitrogens with zero attached hydrogens (tertiary/aromatic N) is 2. The van der Waals surface area contributed by atoms with E-state index in [2.05, 4.69) is 22.3 Å². The predicted molar refractivity (Wildman–Crippen MR) is 111 cm³/mol. The molecule has 0 aliphatic carbocycles. The minimum atomic E-state index is -0.439. The van der Waals surface area contributed by atoms with Gasteiger partial charge >= 0.3 is 0 Å². The molecule has 1 aliphatic rings. The van der Waals surface area contributed by atoms with Crippen LogP contribution in [0, 0.1) is 17.0 Å². The van der Waals surface area contributed by atoms with E-state index >= 15 is 0 Å². The Balaban J connectivity index is 1.38. The van der Waals surface area contributed by atoms with E-state index in [9.17, 15) is 14.9 Å². The molecule has 1 amide bonds. The molecule has 3 rings (SSSR count). The molecule has 7 nitrogen and oxygen atoms in total. The van der Waals surface area contributed by atoms with Crippen molar-refractivity contribution in [1.29, 1.82) is 0 Å². The van der Waals surface area contributed by atoms with Crippen LogP contribution in [-0.2, 0) is 4.74 Å². The van der Waals surface area contributed by atoms with Gasteiger partial charge in [-0.15, -0.1) is 0 Å². The van der Waals surface area contributed by atoms with Crippen molar-refractivity contribution in [2.75, 3.05) is 32.8 Å². The lowest BCUT2D eigenvalue weighted by Crippen LogP contribution is -2.39. The Morgan fingerprint density at radius 3 is 2.76 bits per heavy atom. The van der Waals surface area contributed by atoms with Gasteiger partial charge in [0, 0.05) is 36.8 Å². The molecule has 1 N–H and O–H groups in total. The molecule has 0 bridgehead atoms. The standard InChI is InChI=1S/C22H27N3O4/c1-17-15-19(9-10-20(17)25(27)28)22(26)23-11-5-6-12-24-13-14-29-21(16-24)18-7-3-2-4-8-18/h2-4,7-10,15,21H,5-6,11-14,16H2,1H3,(H,23,26). The van der Waals surface area contributed by atoms with Crippen molar-refractivity contribution in [1.82, 2.24) is 10.2 Å². The van der Waals surface area contributed by atoms with Crippen LogP contribution in [0.2, 0.25) is 0 Å². The third kappa shape index (κ3) is 5.85. The molecule has 0 spiro atoms. The van der Waals surface area contributed by atoms with Crippen molar-refractivity contribution in [2.45, 2.75) is 25.9 Å². The summed E-state index contributed by atoms with van der Waals surface area (Å²) < 4.78 is 5.89. The Morgan fingerprint density at radius 1 is 1.24 bits per heavy atom. The fourth-order valence-corrected chi connectivity index (χ4v) is 3.54. The van der Waals surface area contributed by atoms with Gasteiger partial charge in [0.1, 0.15) is 0 Å². The molecule has 2 aromatic rings. The van der Waals surface area contributed by atoms with Crippen LogP contribution in [0.15, 0.2) is 48.5 Å². The summed E-state index contributed by atoms with van der Waals surface area (Å²) in [4.78, 5) is 25.1. The quantitative estimate of drug-likeness (QED) is 0.419. The monoisotopic (exact) mass is 397 g/mol. The summed E-state index contributed by atoms with van der Waals surface area (Å²) in [6.45, 7) is 5.74. The molecule has 1 unspecified atom stereocenters. The van der Waals surface area contributed by atoms with Crippen LogP contribution in [0.3, 0.4) is 0 Å². The van der Waals surface area contributed by atoms with Crippen LogP contribution in [-0.4, -0.2) is 48.5 Å². The van der Waals surface area contributed by atoms with Gasteiger partial charge in [0.15, 0.2) is 0 Å². The minimum absolute atomic E-state index is 0.0286. The lowest BCUT2D eigenvalue weighted by Gasteiger charge is -2.33. The largest absolute Gasteiger partial charge is 0.371 e. The van der Waals surface area contributed by atoms with Crippen molar-refractivity contribution in [3.63, 3.8) is 0 Å². The first-order valence-electron chi connectivity index (χ1n) is 9.97. The van der Waals surface area contributed by atoms with Gasteiger partial charge in [-0.2, -0.15) is 0 Å². The molecule has 0 radical (unpaired) electrons. The van der Waals surface area contributed by atoms with Crippen LogP contribution in [0.1, 0.15) is 40.4 Å². The number of hydrogen-bond acceptors (Lipinski definition) is 5. The molecule has 7 heteroatoms. The zero-order chi connectivity index (χ0) is 20.6. The van der Waals surface area contributed by atoms with Crippen LogP contribution in [0.4, 0.5) is 5.69 Å². The molecule has 0 aromatic heterocycles. The number of carbonyl (C=O) groups is 1. The maximum atomic E-state index is 12.2. The number of nitrogens with one attached hydrogen (secondary N) is 1. The number of benzene rings is 2. The molecule has 1 fully saturated rings. The van der Waals surface area contributed by atoms with E-state index in [1.165, 1.54) is 17.7 Å². The second-order valence-electron chi connectivity index (χ2n) is 7.29. The average Bonchev–Trinajstić information content (AvgIpc) is 2.74. The Bertz CT molecular complexity index is 841. The number of nitro groups is 1. The smallest absolute Gasteiger partial charge is 0.272 e. The fraction of sp³-hybridized carbons (Fsp3) is 0.409. The molecule has 0 saturated carbocycles. The first-order chi connectivity index (χ1) is 14.0. The maximum Gasteiger partial charge on any atom is 0.272 e. The van der Waals surface area contributed by atoms with Gasteiger partial charge in [0.05, 0.1) is 17.6 Å². The van der Waals surface area contributed by atoms with E-state index in [4.69, 9.17) is 4.74 Å². The number of unbranched alkanes of at least 4 members (excludes halogenated alkanes) is 1. The number of aryl methyl sites for hydroxylation is 1. The highest BCUT2D eigenvalue weighted by atomic mass is 16.6. The maximum absolute atomic E-state index is 12.2. The van der Waals surface area contributed by atoms with Gasteiger partial charge in [-0.05, 0) is 44.0 Å². The number of hydrogen-bond donors (Lipinski definition) is 1. The van der Waals surface area contributed by atoms with Gasteiger partial charge in [0.2, 0.25) is 0 Å². The highest BCUT2D eigenvalue weighted by Crippen LogP contribution is 2.22. The Kier molecular flexibility index (Phi) is 7.32. The molecule has 154 valence electrons. The minimum Gasteiger partial charge on any atom is -0.371 e. The summed E-state index contributed by atoms with van der Waals surface area (Å²) in [7, 11) is 0. The predicted octanol–water partition coefficient (Wildman–Crippen LogP) is 3.49. The van der Waals surface area contributed by atoms with E-state index < -0.39 is 4.92 Å². The highest BCUT2D eigenvalue weighted by molar-refractivity contribution is 5.94. The SMILES string of the molecule is Cc1cc(C(=O)NCCCCN2CCOC(c3ccccc3)C2)ccc1[N+](=O)[O-]. The average molecular weight is 397 g/mol. The van der Waals surface area contributed by atoms with Gasteiger partial charge in [0.25, 0.3) is 11.6 Å². The van der Waals surface area contributed by atoms with E-state index in [1.807, 2.05) is 18.2 Å². The Morgan fingerprint density at radius 2 is 2.03 bits per heavy atom. The summed E-state index contributed by atoms with van der Waals surface area (Å²) in [5.74, 6) is -0.196. The van der Waals surface area contributed by atoms with Gasteiger partial charge in [-0.1, -0.05) is 30.3 Å². The number of amides is 1. The van der Waals surface area contributed by atoms with Crippen LogP contribution >= 0.6 is 0 Å². The van der Waals surface area contributed by atoms with E-state index in [0.717, 1.165) is 39.1 Å². The van der Waals surface area contributed by atoms with Crippen LogP contribution < -0.4 is 5.32 Å². The van der Waals surface area contributed by atoms with Gasteiger partial charge < -0.3 is 10.1 Å². The van der Waals surface area contributed by atoms with Crippen molar-refractivity contribution in [3.05, 3.63) is 75.3 Å². The summed E-state index contributed by atoms with van der Waals surface area (Å²) in [6.07, 6.45) is 1.99. The molecule has 2 aromatic carbocycles. The third-order valence-corrected chi connectivity index (χ3v) is 5.16. The zero-order valence-electron chi connectivity index (χ0n) is 16.7. The molecule has 1 heterocycles. The number of carbonyl (C=O) groups excluding carboxylic acids is 1. The summed E-state index contributed by atoms with van der Waals surface area (Å²) in [5.41, 5.74) is 2.18. The second-order valence-corrected chi connectivity index (χ2v) is 7.29. The Hall–Kier alpha value is -2.77. The highest BCUT2D eigenvalue weighted by Gasteiger charge is 2.21. The van der Waals surface area contributed by atoms with Gasteiger partial charge in [-0.25, -0.2) is 0 Å². The molecule has 1 aliphatic heterocycles. The van der Waals surface area contributed by atoms with Gasteiger partial charge in [-0.3, -0.25) is 19.8 Å². The number of ether oxygens (including phenoxy) is 1. The first kappa shape index (κ1) is 21.0. The third-order valence-electron chi connectivity index (χ3n) is 5.16. The molecular formula is C22H27N3O4. The first-order valence-corrected chi connectivity index (χ1v) is 9.97. The lowest BCUT2D eigenvalue weighted by atomic mass is 10.1. The van der Waals surface area contributed by atoms with Crippen molar-refractivity contribution in [2.24, 2.45) is 0 Å². The molecular weight excluding hydrogens is 370 g/mol. The Labute approximate surface area is 170 Å².